The number of benzene rings is 3. The molecule has 0 bridgehead atoms. The predicted octanol–water partition coefficient (Wildman–Crippen LogP) is 7.63. The van der Waals surface area contributed by atoms with Crippen molar-refractivity contribution in [2.45, 2.75) is 39.7 Å². The van der Waals surface area contributed by atoms with Crippen molar-refractivity contribution < 1.29 is 4.74 Å². The summed E-state index contributed by atoms with van der Waals surface area (Å²) in [5.74, 6) is 0.901. The molecule has 182 valence electrons. The van der Waals surface area contributed by atoms with E-state index in [-0.39, 0.29) is 6.04 Å². The Balaban J connectivity index is 2.08. The van der Waals surface area contributed by atoms with Gasteiger partial charge in [0.1, 0.15) is 5.75 Å². The summed E-state index contributed by atoms with van der Waals surface area (Å²) in [5.41, 5.74) is 5.51. The van der Waals surface area contributed by atoms with Crippen LogP contribution in [0.5, 0.6) is 5.75 Å². The molecular weight excluding hydrogens is 442 g/mol. The van der Waals surface area contributed by atoms with Gasteiger partial charge in [-0.1, -0.05) is 55.8 Å². The zero-order chi connectivity index (χ0) is 24.5. The average molecular weight is 480 g/mol. The molecule has 0 heterocycles. The zero-order valence-corrected chi connectivity index (χ0v) is 21.9. The van der Waals surface area contributed by atoms with Crippen LogP contribution in [0.2, 0.25) is 5.02 Å². The highest BCUT2D eigenvalue weighted by Gasteiger charge is 2.21. The Morgan fingerprint density at radius 1 is 0.853 bits per heavy atom. The Hall–Kier alpha value is -2.85. The molecule has 34 heavy (non-hydrogen) atoms. The van der Waals surface area contributed by atoms with Crippen molar-refractivity contribution in [2.24, 2.45) is 0 Å². The number of hydrogen-bond acceptors (Lipinski definition) is 4. The Kier molecular flexibility index (Phi) is 9.52. The second-order valence-electron chi connectivity index (χ2n) is 8.69. The van der Waals surface area contributed by atoms with Crippen LogP contribution in [0, 0.1) is 0 Å². The van der Waals surface area contributed by atoms with Gasteiger partial charge in [-0.05, 0) is 55.7 Å². The summed E-state index contributed by atoms with van der Waals surface area (Å²) in [7, 11) is 4.11. The van der Waals surface area contributed by atoms with Gasteiger partial charge in [0.05, 0.1) is 23.4 Å². The highest BCUT2D eigenvalue weighted by atomic mass is 35.5. The van der Waals surface area contributed by atoms with Crippen LogP contribution >= 0.6 is 11.6 Å². The van der Waals surface area contributed by atoms with Gasteiger partial charge in [-0.3, -0.25) is 0 Å². The number of ether oxygens (including phenoxy) is 1. The van der Waals surface area contributed by atoms with Crippen molar-refractivity contribution in [2.75, 3.05) is 48.9 Å². The van der Waals surface area contributed by atoms with E-state index in [0.717, 1.165) is 54.2 Å². The summed E-state index contributed by atoms with van der Waals surface area (Å²) in [6.07, 6.45) is 2.22. The molecule has 4 nitrogen and oxygen atoms in total. The minimum Gasteiger partial charge on any atom is -0.493 e. The lowest BCUT2D eigenvalue weighted by Gasteiger charge is -2.28. The Labute approximate surface area is 210 Å². The number of nitrogens with one attached hydrogen (secondary N) is 1. The third-order valence-electron chi connectivity index (χ3n) is 5.88. The van der Waals surface area contributed by atoms with E-state index >= 15 is 0 Å². The molecule has 3 aromatic rings. The van der Waals surface area contributed by atoms with Gasteiger partial charge in [-0.15, -0.1) is 0 Å². The summed E-state index contributed by atoms with van der Waals surface area (Å²) >= 11 is 6.54. The molecule has 0 aromatic heterocycles. The fourth-order valence-corrected chi connectivity index (χ4v) is 4.38. The van der Waals surface area contributed by atoms with Crippen LogP contribution in [0.3, 0.4) is 0 Å². The molecule has 0 aliphatic carbocycles. The number of hydrogen-bond donors (Lipinski definition) is 1. The lowest BCUT2D eigenvalue weighted by Crippen LogP contribution is -2.25. The maximum absolute atomic E-state index is 6.54. The maximum atomic E-state index is 6.54. The summed E-state index contributed by atoms with van der Waals surface area (Å²) in [6.45, 7) is 9.16. The van der Waals surface area contributed by atoms with Gasteiger partial charge in [0, 0.05) is 50.2 Å². The highest BCUT2D eigenvalue weighted by Crippen LogP contribution is 2.37. The topological polar surface area (TPSA) is 27.7 Å². The fourth-order valence-electron chi connectivity index (χ4n) is 4.19. The van der Waals surface area contributed by atoms with Crippen LogP contribution in [0.1, 0.15) is 50.8 Å². The lowest BCUT2D eigenvalue weighted by atomic mass is 9.96. The number of halogens is 1. The normalized spacial score (nSPS) is 11.7. The molecule has 0 fully saturated rings. The van der Waals surface area contributed by atoms with Crippen molar-refractivity contribution in [3.8, 4) is 5.75 Å². The van der Waals surface area contributed by atoms with Gasteiger partial charge in [0.15, 0.2) is 0 Å². The third kappa shape index (κ3) is 6.38. The van der Waals surface area contributed by atoms with E-state index in [2.05, 4.69) is 85.5 Å². The molecule has 5 heteroatoms. The van der Waals surface area contributed by atoms with E-state index < -0.39 is 0 Å². The monoisotopic (exact) mass is 479 g/mol. The first-order chi connectivity index (χ1) is 16.5. The van der Waals surface area contributed by atoms with E-state index in [1.807, 2.05) is 31.2 Å². The second-order valence-corrected chi connectivity index (χ2v) is 9.09. The predicted molar refractivity (Wildman–Crippen MR) is 148 cm³/mol. The van der Waals surface area contributed by atoms with Gasteiger partial charge in [-0.2, -0.15) is 0 Å². The molecule has 0 amide bonds. The van der Waals surface area contributed by atoms with E-state index in [1.54, 1.807) is 0 Å². The molecule has 1 unspecified atom stereocenters. The third-order valence-corrected chi connectivity index (χ3v) is 6.21. The quantitative estimate of drug-likeness (QED) is 0.289. The van der Waals surface area contributed by atoms with E-state index in [0.29, 0.717) is 11.6 Å². The van der Waals surface area contributed by atoms with Crippen molar-refractivity contribution >= 4 is 28.7 Å². The summed E-state index contributed by atoms with van der Waals surface area (Å²) in [6, 6.07) is 23.0. The molecule has 3 aromatic carbocycles. The van der Waals surface area contributed by atoms with Gasteiger partial charge in [0.2, 0.25) is 0 Å². The van der Waals surface area contributed by atoms with Crippen LogP contribution in [0.25, 0.3) is 0 Å². The highest BCUT2D eigenvalue weighted by molar-refractivity contribution is 6.33. The van der Waals surface area contributed by atoms with Gasteiger partial charge < -0.3 is 19.9 Å². The van der Waals surface area contributed by atoms with Crippen LogP contribution in [-0.4, -0.2) is 33.8 Å². The minimum absolute atomic E-state index is 0.113. The van der Waals surface area contributed by atoms with Gasteiger partial charge in [-0.25, -0.2) is 0 Å². The average Bonchev–Trinajstić information content (AvgIpc) is 2.84. The van der Waals surface area contributed by atoms with Crippen LogP contribution in [0.15, 0.2) is 66.7 Å². The standard InChI is InChI=1S/C29H38ClN3O/c1-6-19-33(20-7-2)24-17-18-25(28(21-24)34-8-3)29(31-27-12-10-9-11-26(27)30)22-13-15-23(16-14-22)32(4)5/h9-18,21,29,31H,6-8,19-20H2,1-5H3. The smallest absolute Gasteiger partial charge is 0.126 e. The van der Waals surface area contributed by atoms with E-state index in [1.165, 1.54) is 5.69 Å². The fraction of sp³-hybridized carbons (Fsp3) is 0.379. The first-order valence-electron chi connectivity index (χ1n) is 12.3. The number of para-hydroxylation sites is 1. The molecule has 0 aliphatic rings. The maximum Gasteiger partial charge on any atom is 0.126 e. The molecule has 1 N–H and O–H groups in total. The zero-order valence-electron chi connectivity index (χ0n) is 21.1. The Morgan fingerprint density at radius 3 is 2.09 bits per heavy atom. The molecule has 3 rings (SSSR count). The van der Waals surface area contributed by atoms with Gasteiger partial charge in [0.25, 0.3) is 0 Å². The molecule has 0 saturated carbocycles. The molecular formula is C29H38ClN3O. The largest absolute Gasteiger partial charge is 0.493 e. The number of anilines is 3. The first kappa shape index (κ1) is 25.8. The van der Waals surface area contributed by atoms with Gasteiger partial charge >= 0.3 is 0 Å². The second kappa shape index (κ2) is 12.6. The summed E-state index contributed by atoms with van der Waals surface area (Å²) in [5, 5.41) is 4.39. The SMILES string of the molecule is CCCN(CCC)c1ccc(C(Nc2ccccc2Cl)c2ccc(N(C)C)cc2)c(OCC)c1. The summed E-state index contributed by atoms with van der Waals surface area (Å²) < 4.78 is 6.21. The van der Waals surface area contributed by atoms with Crippen molar-refractivity contribution in [1.29, 1.82) is 0 Å². The van der Waals surface area contributed by atoms with Crippen molar-refractivity contribution in [3.05, 3.63) is 82.9 Å². The lowest BCUT2D eigenvalue weighted by molar-refractivity contribution is 0.336. The molecule has 1 atom stereocenters. The first-order valence-corrected chi connectivity index (χ1v) is 12.7. The van der Waals surface area contributed by atoms with Crippen LogP contribution in [-0.2, 0) is 0 Å². The minimum atomic E-state index is -0.113. The van der Waals surface area contributed by atoms with Crippen LogP contribution in [0.4, 0.5) is 17.1 Å². The van der Waals surface area contributed by atoms with Crippen molar-refractivity contribution in [3.63, 3.8) is 0 Å². The van der Waals surface area contributed by atoms with E-state index in [4.69, 9.17) is 16.3 Å². The molecule has 0 radical (unpaired) electrons. The van der Waals surface area contributed by atoms with E-state index in [9.17, 15) is 0 Å². The van der Waals surface area contributed by atoms with Crippen molar-refractivity contribution in [1.82, 2.24) is 0 Å². The number of rotatable bonds is 12. The Morgan fingerprint density at radius 2 is 1.50 bits per heavy atom. The van der Waals surface area contributed by atoms with Crippen LogP contribution < -0.4 is 19.9 Å². The molecule has 0 aliphatic heterocycles. The molecule has 0 spiro atoms. The Bertz CT molecular complexity index is 1030. The molecule has 0 saturated heterocycles. The number of nitrogens with zero attached hydrogens (tertiary/aromatic N) is 2. The summed E-state index contributed by atoms with van der Waals surface area (Å²) in [4.78, 5) is 4.55.